The van der Waals surface area contributed by atoms with Crippen LogP contribution in [0.4, 0.5) is 0 Å². The van der Waals surface area contributed by atoms with E-state index in [2.05, 4.69) is 33.9 Å². The molecule has 7 heteroatoms. The van der Waals surface area contributed by atoms with E-state index in [-0.39, 0.29) is 31.3 Å². The lowest BCUT2D eigenvalue weighted by atomic mass is 9.81. The smallest absolute Gasteiger partial charge is 0.260 e. The van der Waals surface area contributed by atoms with Crippen LogP contribution in [0.5, 0.6) is 0 Å². The maximum Gasteiger partial charge on any atom is 0.260 e. The molecule has 2 unspecified atom stereocenters. The number of aliphatic hydroxyl groups excluding tert-OH is 1. The largest absolute Gasteiger partial charge is 0.416 e. The highest BCUT2D eigenvalue weighted by atomic mass is 28.4. The molecule has 2 fully saturated rings. The van der Waals surface area contributed by atoms with Crippen LogP contribution in [-0.2, 0) is 23.5 Å². The molecule has 0 bridgehead atoms. The summed E-state index contributed by atoms with van der Waals surface area (Å²) in [6, 6.07) is 0. The van der Waals surface area contributed by atoms with E-state index < -0.39 is 37.7 Å². The Hall–Kier alpha value is -0.603. The van der Waals surface area contributed by atoms with Gasteiger partial charge in [-0.1, -0.05) is 20.8 Å². The summed E-state index contributed by atoms with van der Waals surface area (Å²) in [6.07, 6.45) is -1.18. The van der Waals surface area contributed by atoms with Gasteiger partial charge in [-0.25, -0.2) is 0 Å². The van der Waals surface area contributed by atoms with Crippen molar-refractivity contribution in [1.29, 1.82) is 0 Å². The number of carbonyl (C=O) groups is 2. The summed E-state index contributed by atoms with van der Waals surface area (Å²) < 4.78 is 16.9. The SMILES string of the molecule is CC(C)(C)[Si](C)(C)OCC1CC2(OCCO2)C(=O)C(=O)C1O. The monoisotopic (exact) mass is 330 g/mol. The summed E-state index contributed by atoms with van der Waals surface area (Å²) >= 11 is 0. The average Bonchev–Trinajstić information content (AvgIpc) is 2.88. The van der Waals surface area contributed by atoms with Gasteiger partial charge in [-0.3, -0.25) is 9.59 Å². The van der Waals surface area contributed by atoms with E-state index in [9.17, 15) is 14.7 Å². The molecule has 2 rings (SSSR count). The maximum absolute atomic E-state index is 12.1. The van der Waals surface area contributed by atoms with Crippen molar-refractivity contribution < 1.29 is 28.6 Å². The molecule has 0 aromatic rings. The lowest BCUT2D eigenvalue weighted by Gasteiger charge is -2.40. The van der Waals surface area contributed by atoms with Crippen molar-refractivity contribution in [2.24, 2.45) is 5.92 Å². The van der Waals surface area contributed by atoms with E-state index >= 15 is 0 Å². The van der Waals surface area contributed by atoms with Gasteiger partial charge in [-0.05, 0) is 18.1 Å². The molecule has 0 amide bonds. The van der Waals surface area contributed by atoms with Crippen molar-refractivity contribution >= 4 is 19.9 Å². The Morgan fingerprint density at radius 3 is 2.32 bits per heavy atom. The second-order valence-corrected chi connectivity index (χ2v) is 12.4. The van der Waals surface area contributed by atoms with E-state index in [0.29, 0.717) is 0 Å². The summed E-state index contributed by atoms with van der Waals surface area (Å²) in [5, 5.41) is 10.1. The predicted octanol–water partition coefficient (Wildman–Crippen LogP) is 1.27. The third-order valence-electron chi connectivity index (χ3n) is 5.03. The van der Waals surface area contributed by atoms with E-state index in [1.807, 2.05) is 0 Å². The molecule has 1 heterocycles. The first kappa shape index (κ1) is 17.7. The summed E-state index contributed by atoms with van der Waals surface area (Å²) in [4.78, 5) is 24.1. The number of Topliss-reactive ketones (excluding diaryl/α,β-unsaturated/α-hetero) is 2. The van der Waals surface area contributed by atoms with E-state index in [4.69, 9.17) is 13.9 Å². The molecule has 0 radical (unpaired) electrons. The molecule has 2 atom stereocenters. The van der Waals surface area contributed by atoms with Gasteiger partial charge in [-0.2, -0.15) is 0 Å². The Kier molecular flexibility index (Phi) is 4.67. The third-order valence-corrected chi connectivity index (χ3v) is 9.53. The van der Waals surface area contributed by atoms with E-state index in [1.165, 1.54) is 0 Å². The number of carbonyl (C=O) groups excluding carboxylic acids is 2. The fourth-order valence-electron chi connectivity index (χ4n) is 2.47. The van der Waals surface area contributed by atoms with Gasteiger partial charge in [0.05, 0.1) is 13.2 Å². The maximum atomic E-state index is 12.1. The van der Waals surface area contributed by atoms with Crippen LogP contribution < -0.4 is 0 Å². The zero-order chi connectivity index (χ0) is 16.8. The number of aliphatic hydroxyl groups is 1. The number of hydrogen-bond donors (Lipinski definition) is 1. The molecule has 1 N–H and O–H groups in total. The second-order valence-electron chi connectivity index (χ2n) is 7.62. The Morgan fingerprint density at radius 2 is 1.82 bits per heavy atom. The van der Waals surface area contributed by atoms with Crippen LogP contribution in [0.1, 0.15) is 27.2 Å². The average molecular weight is 330 g/mol. The molecule has 126 valence electrons. The summed E-state index contributed by atoms with van der Waals surface area (Å²) in [7, 11) is -2.00. The molecule has 1 aliphatic carbocycles. The second kappa shape index (κ2) is 5.79. The van der Waals surface area contributed by atoms with Crippen molar-refractivity contribution in [3.05, 3.63) is 0 Å². The number of ketones is 2. The van der Waals surface area contributed by atoms with Gasteiger partial charge in [0, 0.05) is 18.9 Å². The van der Waals surface area contributed by atoms with E-state index in [1.54, 1.807) is 0 Å². The molecular weight excluding hydrogens is 304 g/mol. The summed E-state index contributed by atoms with van der Waals surface area (Å²) in [5.74, 6) is -3.60. The molecular formula is C15H26O6Si. The van der Waals surface area contributed by atoms with Crippen LogP contribution in [0.3, 0.4) is 0 Å². The van der Waals surface area contributed by atoms with Crippen molar-refractivity contribution in [3.8, 4) is 0 Å². The molecule has 22 heavy (non-hydrogen) atoms. The Morgan fingerprint density at radius 1 is 1.27 bits per heavy atom. The van der Waals surface area contributed by atoms with Gasteiger partial charge in [0.1, 0.15) is 6.10 Å². The molecule has 6 nitrogen and oxygen atoms in total. The third kappa shape index (κ3) is 3.05. The van der Waals surface area contributed by atoms with Gasteiger partial charge < -0.3 is 19.0 Å². The molecule has 1 aliphatic heterocycles. The fourth-order valence-corrected chi connectivity index (χ4v) is 3.53. The minimum absolute atomic E-state index is 0.0322. The van der Waals surface area contributed by atoms with Crippen molar-refractivity contribution in [2.45, 2.75) is 57.2 Å². The molecule has 1 spiro atoms. The van der Waals surface area contributed by atoms with Crippen LogP contribution in [0.15, 0.2) is 0 Å². The van der Waals surface area contributed by atoms with Crippen molar-refractivity contribution in [2.75, 3.05) is 19.8 Å². The zero-order valence-electron chi connectivity index (χ0n) is 14.0. The zero-order valence-corrected chi connectivity index (χ0v) is 15.0. The molecule has 1 saturated carbocycles. The fraction of sp³-hybridized carbons (Fsp3) is 0.867. The molecule has 0 aromatic heterocycles. The first-order chi connectivity index (χ1) is 10.0. The molecule has 2 aliphatic rings. The van der Waals surface area contributed by atoms with Gasteiger partial charge in [0.25, 0.3) is 5.78 Å². The van der Waals surface area contributed by atoms with Gasteiger partial charge in [0.15, 0.2) is 8.32 Å². The van der Waals surface area contributed by atoms with Crippen LogP contribution >= 0.6 is 0 Å². The van der Waals surface area contributed by atoms with Crippen LogP contribution in [0, 0.1) is 5.92 Å². The first-order valence-corrected chi connectivity index (χ1v) is 10.6. The Bertz CT molecular complexity index is 461. The Labute approximate surface area is 132 Å². The predicted molar refractivity (Wildman–Crippen MR) is 81.9 cm³/mol. The minimum Gasteiger partial charge on any atom is -0.416 e. The van der Waals surface area contributed by atoms with Crippen LogP contribution in [0.2, 0.25) is 18.1 Å². The molecule has 0 aromatic carbocycles. The summed E-state index contributed by atoms with van der Waals surface area (Å²) in [6.45, 7) is 11.4. The van der Waals surface area contributed by atoms with Crippen molar-refractivity contribution in [1.82, 2.24) is 0 Å². The van der Waals surface area contributed by atoms with Gasteiger partial charge in [0.2, 0.25) is 11.6 Å². The summed E-state index contributed by atoms with van der Waals surface area (Å²) in [5.41, 5.74) is 0. The lowest BCUT2D eigenvalue weighted by molar-refractivity contribution is -0.202. The lowest BCUT2D eigenvalue weighted by Crippen LogP contribution is -2.58. The molecule has 1 saturated heterocycles. The quantitative estimate of drug-likeness (QED) is 0.620. The van der Waals surface area contributed by atoms with E-state index in [0.717, 1.165) is 0 Å². The van der Waals surface area contributed by atoms with Gasteiger partial charge in [-0.15, -0.1) is 0 Å². The van der Waals surface area contributed by atoms with Gasteiger partial charge >= 0.3 is 0 Å². The highest BCUT2D eigenvalue weighted by molar-refractivity contribution is 6.74. The van der Waals surface area contributed by atoms with Crippen LogP contribution in [-0.4, -0.2) is 56.7 Å². The number of rotatable bonds is 3. The highest BCUT2D eigenvalue weighted by Crippen LogP contribution is 2.39. The number of hydrogen-bond acceptors (Lipinski definition) is 6. The topological polar surface area (TPSA) is 82.1 Å². The Balaban J connectivity index is 2.10. The number of ether oxygens (including phenoxy) is 2. The highest BCUT2D eigenvalue weighted by Gasteiger charge is 2.56. The van der Waals surface area contributed by atoms with Crippen molar-refractivity contribution in [3.63, 3.8) is 0 Å². The standard InChI is InChI=1S/C15H26O6Si/c1-14(2,3)22(4,5)21-9-10-8-15(19-6-7-20-15)13(18)12(17)11(10)16/h10-11,16H,6-9H2,1-5H3. The minimum atomic E-state index is -2.00. The first-order valence-electron chi connectivity index (χ1n) is 7.69. The normalized spacial score (nSPS) is 29.4. The van der Waals surface area contributed by atoms with Crippen LogP contribution in [0.25, 0.3) is 0 Å².